The molecule has 4 aromatic rings. The summed E-state index contributed by atoms with van der Waals surface area (Å²) in [6.07, 6.45) is 3.01. The van der Waals surface area contributed by atoms with Gasteiger partial charge in [0.2, 0.25) is 0 Å². The number of nitrogens with zero attached hydrogens (tertiary/aromatic N) is 4. The Labute approximate surface area is 163 Å². The van der Waals surface area contributed by atoms with E-state index in [2.05, 4.69) is 10.1 Å². The van der Waals surface area contributed by atoms with E-state index >= 15 is 0 Å². The molecule has 0 amide bonds. The Bertz CT molecular complexity index is 1240. The number of aromatic nitrogens is 3. The fraction of sp³-hybridized carbons (Fsp3) is 0.0526. The molecule has 2 aromatic heterocycles. The third-order valence-electron chi connectivity index (χ3n) is 3.94. The molecule has 0 fully saturated rings. The Morgan fingerprint density at radius 1 is 1.15 bits per heavy atom. The number of para-hydroxylation sites is 1. The summed E-state index contributed by atoms with van der Waals surface area (Å²) in [6.45, 7) is 0. The van der Waals surface area contributed by atoms with Crippen LogP contribution in [0.25, 0.3) is 16.0 Å². The second-order valence-corrected chi connectivity index (χ2v) is 7.25. The normalized spacial score (nSPS) is 11.3. The molecule has 0 spiro atoms. The lowest BCUT2D eigenvalue weighted by Crippen LogP contribution is -2.16. The molecule has 0 aliphatic rings. The van der Waals surface area contributed by atoms with Crippen molar-refractivity contribution in [2.45, 2.75) is 0 Å². The molecule has 2 heterocycles. The van der Waals surface area contributed by atoms with Gasteiger partial charge in [-0.3, -0.25) is 9.36 Å². The van der Waals surface area contributed by atoms with Crippen molar-refractivity contribution in [3.8, 4) is 11.4 Å². The quantitative estimate of drug-likeness (QED) is 0.389. The smallest absolute Gasteiger partial charge is 0.293 e. The van der Waals surface area contributed by atoms with Gasteiger partial charge in [-0.1, -0.05) is 29.5 Å². The molecule has 4 rings (SSSR count). The van der Waals surface area contributed by atoms with Gasteiger partial charge in [-0.2, -0.15) is 9.78 Å². The molecule has 0 aliphatic carbocycles. The molecule has 0 aliphatic heterocycles. The summed E-state index contributed by atoms with van der Waals surface area (Å²) in [4.78, 5) is 17.2. The van der Waals surface area contributed by atoms with Gasteiger partial charge >= 0.3 is 0 Å². The predicted molar refractivity (Wildman–Crippen MR) is 110 cm³/mol. The maximum Gasteiger partial charge on any atom is 0.293 e. The van der Waals surface area contributed by atoms with Crippen LogP contribution < -0.4 is 10.3 Å². The molecule has 6 nitrogen and oxygen atoms in total. The van der Waals surface area contributed by atoms with E-state index in [4.69, 9.17) is 17.0 Å². The standard InChI is InChI=1S/C19H14N4O2S2/c1-25-15-9-7-13(8-10-15)11-21-22-12-20-17-16(18(22)24)27-19(26)23(17)14-5-3-2-4-6-14/h2-12H,1H3. The zero-order valence-electron chi connectivity index (χ0n) is 14.3. The maximum atomic E-state index is 12.8. The molecule has 0 atom stereocenters. The highest BCUT2D eigenvalue weighted by atomic mass is 32.1. The lowest BCUT2D eigenvalue weighted by atomic mass is 10.2. The number of methoxy groups -OCH3 is 1. The minimum atomic E-state index is -0.254. The van der Waals surface area contributed by atoms with Crippen molar-refractivity contribution < 1.29 is 4.74 Å². The van der Waals surface area contributed by atoms with Crippen LogP contribution in [-0.2, 0) is 0 Å². The predicted octanol–water partition coefficient (Wildman–Crippen LogP) is 3.87. The average Bonchev–Trinajstić information content (AvgIpc) is 3.05. The topological polar surface area (TPSA) is 61.4 Å². The second kappa shape index (κ2) is 7.26. The fourth-order valence-corrected chi connectivity index (χ4v) is 3.91. The Kier molecular flexibility index (Phi) is 4.66. The van der Waals surface area contributed by atoms with Crippen molar-refractivity contribution in [2.24, 2.45) is 5.10 Å². The molecule has 27 heavy (non-hydrogen) atoms. The Balaban J connectivity index is 1.76. The maximum absolute atomic E-state index is 12.8. The van der Waals surface area contributed by atoms with Gasteiger partial charge in [-0.25, -0.2) is 4.98 Å². The van der Waals surface area contributed by atoms with Gasteiger partial charge in [-0.05, 0) is 54.2 Å². The molecule has 134 valence electrons. The Hall–Kier alpha value is -3.10. The van der Waals surface area contributed by atoms with Crippen molar-refractivity contribution in [2.75, 3.05) is 7.11 Å². The summed E-state index contributed by atoms with van der Waals surface area (Å²) in [5, 5.41) is 4.23. The van der Waals surface area contributed by atoms with Crippen molar-refractivity contribution in [3.05, 3.63) is 80.8 Å². The number of fused-ring (bicyclic) bond motifs is 1. The lowest BCUT2D eigenvalue weighted by molar-refractivity contribution is 0.415. The van der Waals surface area contributed by atoms with E-state index in [9.17, 15) is 4.79 Å². The van der Waals surface area contributed by atoms with E-state index in [0.717, 1.165) is 17.0 Å². The van der Waals surface area contributed by atoms with Gasteiger partial charge in [0, 0.05) is 5.69 Å². The van der Waals surface area contributed by atoms with Gasteiger partial charge in [0.25, 0.3) is 5.56 Å². The van der Waals surface area contributed by atoms with Gasteiger partial charge in [0.1, 0.15) is 16.8 Å². The van der Waals surface area contributed by atoms with E-state index in [1.807, 2.05) is 54.6 Å². The number of hydrogen-bond acceptors (Lipinski definition) is 6. The zero-order valence-corrected chi connectivity index (χ0v) is 15.9. The van der Waals surface area contributed by atoms with Crippen LogP contribution in [0.3, 0.4) is 0 Å². The molecule has 2 aromatic carbocycles. The third-order valence-corrected chi connectivity index (χ3v) is 5.29. The first-order chi connectivity index (χ1) is 13.2. The summed E-state index contributed by atoms with van der Waals surface area (Å²) in [7, 11) is 1.61. The first-order valence-corrected chi connectivity index (χ1v) is 9.27. The minimum absolute atomic E-state index is 0.254. The molecule has 0 bridgehead atoms. The molecule has 0 radical (unpaired) electrons. The number of rotatable bonds is 4. The molecule has 0 unspecified atom stereocenters. The van der Waals surface area contributed by atoms with Crippen molar-refractivity contribution >= 4 is 40.1 Å². The van der Waals surface area contributed by atoms with E-state index in [0.29, 0.717) is 14.3 Å². The summed E-state index contributed by atoms with van der Waals surface area (Å²) >= 11 is 6.68. The molecule has 8 heteroatoms. The van der Waals surface area contributed by atoms with Crippen LogP contribution >= 0.6 is 23.6 Å². The van der Waals surface area contributed by atoms with Crippen molar-refractivity contribution in [1.29, 1.82) is 0 Å². The highest BCUT2D eigenvalue weighted by Crippen LogP contribution is 2.22. The van der Waals surface area contributed by atoms with Crippen LogP contribution in [0.2, 0.25) is 0 Å². The summed E-state index contributed by atoms with van der Waals surface area (Å²) in [5.74, 6) is 0.759. The number of thiazole rings is 1. The van der Waals surface area contributed by atoms with Gasteiger partial charge in [0.05, 0.1) is 13.3 Å². The monoisotopic (exact) mass is 394 g/mol. The van der Waals surface area contributed by atoms with Crippen LogP contribution in [0.1, 0.15) is 5.56 Å². The lowest BCUT2D eigenvalue weighted by Gasteiger charge is -2.04. The largest absolute Gasteiger partial charge is 0.497 e. The van der Waals surface area contributed by atoms with E-state index < -0.39 is 0 Å². The zero-order chi connectivity index (χ0) is 18.8. The molecule has 0 saturated heterocycles. The molecule has 0 saturated carbocycles. The van der Waals surface area contributed by atoms with Gasteiger partial charge in [0.15, 0.2) is 9.60 Å². The van der Waals surface area contributed by atoms with Gasteiger partial charge < -0.3 is 4.74 Å². The number of benzene rings is 2. The third kappa shape index (κ3) is 3.32. The summed E-state index contributed by atoms with van der Waals surface area (Å²) in [6, 6.07) is 17.0. The molecular formula is C19H14N4O2S2. The van der Waals surface area contributed by atoms with Crippen molar-refractivity contribution in [3.63, 3.8) is 0 Å². The average molecular weight is 394 g/mol. The SMILES string of the molecule is COc1ccc(C=Nn2cnc3c(sc(=S)n3-c3ccccc3)c2=O)cc1. The van der Waals surface area contributed by atoms with Crippen LogP contribution in [0.5, 0.6) is 5.75 Å². The number of ether oxygens (including phenoxy) is 1. The van der Waals surface area contributed by atoms with E-state index in [1.165, 1.54) is 22.3 Å². The van der Waals surface area contributed by atoms with Crippen LogP contribution in [0.4, 0.5) is 0 Å². The molecule has 0 N–H and O–H groups in total. The second-order valence-electron chi connectivity index (χ2n) is 5.60. The first kappa shape index (κ1) is 17.3. The summed E-state index contributed by atoms with van der Waals surface area (Å²) in [5.41, 5.74) is 2.00. The van der Waals surface area contributed by atoms with Crippen LogP contribution in [0.15, 0.2) is 70.8 Å². The highest BCUT2D eigenvalue weighted by Gasteiger charge is 2.13. The minimum Gasteiger partial charge on any atom is -0.497 e. The Morgan fingerprint density at radius 2 is 1.89 bits per heavy atom. The van der Waals surface area contributed by atoms with Gasteiger partial charge in [-0.15, -0.1) is 0 Å². The van der Waals surface area contributed by atoms with E-state index in [1.54, 1.807) is 17.9 Å². The Morgan fingerprint density at radius 3 is 2.59 bits per heavy atom. The number of hydrogen-bond donors (Lipinski definition) is 0. The summed E-state index contributed by atoms with van der Waals surface area (Å²) < 4.78 is 9.18. The van der Waals surface area contributed by atoms with Crippen molar-refractivity contribution in [1.82, 2.24) is 14.2 Å². The first-order valence-electron chi connectivity index (χ1n) is 8.04. The highest BCUT2D eigenvalue weighted by molar-refractivity contribution is 7.73. The van der Waals surface area contributed by atoms with Crippen LogP contribution in [0, 0.1) is 3.95 Å². The van der Waals surface area contributed by atoms with E-state index in [-0.39, 0.29) is 5.56 Å². The van der Waals surface area contributed by atoms with Crippen LogP contribution in [-0.4, -0.2) is 27.6 Å². The fourth-order valence-electron chi connectivity index (χ4n) is 2.59. The molecular weight excluding hydrogens is 380 g/mol.